The van der Waals surface area contributed by atoms with Crippen LogP contribution in [0, 0.1) is 0 Å². The van der Waals surface area contributed by atoms with Gasteiger partial charge in [0.25, 0.3) is 0 Å². The number of likely N-dealkylation sites (tertiary alicyclic amines) is 2. The first-order valence-electron chi connectivity index (χ1n) is 9.56. The van der Waals surface area contributed by atoms with Gasteiger partial charge in [-0.05, 0) is 44.1 Å². The lowest BCUT2D eigenvalue weighted by molar-refractivity contribution is -0.145. The molecule has 1 N–H and O–H groups in total. The summed E-state index contributed by atoms with van der Waals surface area (Å²) in [5.74, 6) is 0.152. The lowest BCUT2D eigenvalue weighted by atomic mass is 9.85. The van der Waals surface area contributed by atoms with Crippen LogP contribution in [0.3, 0.4) is 0 Å². The van der Waals surface area contributed by atoms with Crippen molar-refractivity contribution < 1.29 is 9.59 Å². The van der Waals surface area contributed by atoms with Gasteiger partial charge in [-0.3, -0.25) is 4.79 Å². The van der Waals surface area contributed by atoms with Crippen LogP contribution < -0.4 is 5.32 Å². The third-order valence-electron chi connectivity index (χ3n) is 5.48. The molecule has 2 heterocycles. The van der Waals surface area contributed by atoms with Crippen molar-refractivity contribution in [1.82, 2.24) is 15.1 Å². The molecule has 0 aliphatic carbocycles. The zero-order valence-corrected chi connectivity index (χ0v) is 15.2. The summed E-state index contributed by atoms with van der Waals surface area (Å²) >= 11 is 0. The van der Waals surface area contributed by atoms with Crippen LogP contribution in [0.4, 0.5) is 4.79 Å². The minimum atomic E-state index is -0.604. The summed E-state index contributed by atoms with van der Waals surface area (Å²) in [6.07, 6.45) is 5.25. The van der Waals surface area contributed by atoms with E-state index in [1.807, 2.05) is 34.9 Å². The first kappa shape index (κ1) is 17.8. The number of amides is 3. The molecule has 0 bridgehead atoms. The second-order valence-electron chi connectivity index (χ2n) is 7.15. The molecule has 1 atom stereocenters. The Hall–Kier alpha value is -2.04. The molecule has 25 heavy (non-hydrogen) atoms. The highest BCUT2D eigenvalue weighted by atomic mass is 16.2. The van der Waals surface area contributed by atoms with Crippen LogP contribution in [0.25, 0.3) is 0 Å². The van der Waals surface area contributed by atoms with Crippen LogP contribution in [0.1, 0.15) is 44.6 Å². The molecule has 1 spiro atoms. The van der Waals surface area contributed by atoms with E-state index in [2.05, 4.69) is 17.4 Å². The van der Waals surface area contributed by atoms with Gasteiger partial charge >= 0.3 is 6.03 Å². The van der Waals surface area contributed by atoms with Gasteiger partial charge in [-0.15, -0.1) is 0 Å². The van der Waals surface area contributed by atoms with Crippen molar-refractivity contribution in [1.29, 1.82) is 0 Å². The van der Waals surface area contributed by atoms with E-state index >= 15 is 0 Å². The second kappa shape index (κ2) is 7.89. The monoisotopic (exact) mass is 343 g/mol. The van der Waals surface area contributed by atoms with E-state index in [9.17, 15) is 9.59 Å². The van der Waals surface area contributed by atoms with Crippen LogP contribution in [0.2, 0.25) is 0 Å². The fraction of sp³-hybridized carbons (Fsp3) is 0.600. The molecule has 5 nitrogen and oxygen atoms in total. The number of carbonyl (C=O) groups is 2. The number of benzene rings is 1. The SMILES string of the molecule is CCCNC(=O)N1CCCC12CCCN(CCc1ccccc1)C2=O. The van der Waals surface area contributed by atoms with E-state index in [4.69, 9.17) is 0 Å². The molecule has 2 fully saturated rings. The number of nitrogens with one attached hydrogen (secondary N) is 1. The summed E-state index contributed by atoms with van der Waals surface area (Å²) < 4.78 is 0. The van der Waals surface area contributed by atoms with Crippen molar-refractivity contribution >= 4 is 11.9 Å². The van der Waals surface area contributed by atoms with Crippen molar-refractivity contribution in [3.8, 4) is 0 Å². The maximum atomic E-state index is 13.3. The molecule has 1 aromatic rings. The van der Waals surface area contributed by atoms with Crippen LogP contribution in [0.15, 0.2) is 30.3 Å². The minimum Gasteiger partial charge on any atom is -0.340 e. The Labute approximate surface area is 150 Å². The maximum absolute atomic E-state index is 13.3. The molecular formula is C20H29N3O2. The van der Waals surface area contributed by atoms with Gasteiger partial charge in [0.2, 0.25) is 5.91 Å². The Balaban J connectivity index is 1.68. The molecular weight excluding hydrogens is 314 g/mol. The van der Waals surface area contributed by atoms with Gasteiger partial charge < -0.3 is 15.1 Å². The van der Waals surface area contributed by atoms with Crippen molar-refractivity contribution in [3.63, 3.8) is 0 Å². The van der Waals surface area contributed by atoms with Crippen molar-refractivity contribution in [2.24, 2.45) is 0 Å². The van der Waals surface area contributed by atoms with E-state index in [1.165, 1.54) is 5.56 Å². The zero-order valence-electron chi connectivity index (χ0n) is 15.2. The Kier molecular flexibility index (Phi) is 5.61. The van der Waals surface area contributed by atoms with Gasteiger partial charge in [-0.25, -0.2) is 4.79 Å². The highest BCUT2D eigenvalue weighted by molar-refractivity contribution is 5.92. The molecule has 0 radical (unpaired) electrons. The number of urea groups is 1. The van der Waals surface area contributed by atoms with Gasteiger partial charge in [0.15, 0.2) is 0 Å². The number of carbonyl (C=O) groups excluding carboxylic acids is 2. The molecule has 2 aliphatic rings. The predicted molar refractivity (Wildman–Crippen MR) is 98.3 cm³/mol. The third kappa shape index (κ3) is 3.65. The molecule has 3 rings (SSSR count). The van der Waals surface area contributed by atoms with E-state index in [0.717, 1.165) is 51.6 Å². The molecule has 0 aromatic heterocycles. The molecule has 0 saturated carbocycles. The summed E-state index contributed by atoms with van der Waals surface area (Å²) in [5, 5.41) is 2.96. The van der Waals surface area contributed by atoms with E-state index in [0.29, 0.717) is 13.1 Å². The summed E-state index contributed by atoms with van der Waals surface area (Å²) in [6.45, 7) is 4.93. The maximum Gasteiger partial charge on any atom is 0.318 e. The van der Waals surface area contributed by atoms with E-state index in [-0.39, 0.29) is 11.9 Å². The molecule has 2 saturated heterocycles. The summed E-state index contributed by atoms with van der Waals surface area (Å²) in [7, 11) is 0. The average Bonchev–Trinajstić information content (AvgIpc) is 3.06. The number of rotatable bonds is 5. The van der Waals surface area contributed by atoms with Gasteiger partial charge in [-0.1, -0.05) is 37.3 Å². The summed E-state index contributed by atoms with van der Waals surface area (Å²) in [4.78, 5) is 29.6. The van der Waals surface area contributed by atoms with Gasteiger partial charge in [0.1, 0.15) is 5.54 Å². The highest BCUT2D eigenvalue weighted by Crippen LogP contribution is 2.38. The number of hydrogen-bond donors (Lipinski definition) is 1. The Morgan fingerprint density at radius 3 is 2.60 bits per heavy atom. The smallest absolute Gasteiger partial charge is 0.318 e. The molecule has 5 heteroatoms. The summed E-state index contributed by atoms with van der Waals surface area (Å²) in [6, 6.07) is 10.2. The lowest BCUT2D eigenvalue weighted by Gasteiger charge is -2.44. The van der Waals surface area contributed by atoms with Crippen LogP contribution in [-0.2, 0) is 11.2 Å². The first-order chi connectivity index (χ1) is 12.2. The van der Waals surface area contributed by atoms with Crippen LogP contribution in [0.5, 0.6) is 0 Å². The predicted octanol–water partition coefficient (Wildman–Crippen LogP) is 2.81. The molecule has 2 aliphatic heterocycles. The Bertz CT molecular complexity index is 604. The number of piperidine rings is 1. The van der Waals surface area contributed by atoms with Crippen molar-refractivity contribution in [3.05, 3.63) is 35.9 Å². The fourth-order valence-electron chi connectivity index (χ4n) is 4.17. The molecule has 3 amide bonds. The summed E-state index contributed by atoms with van der Waals surface area (Å²) in [5.41, 5.74) is 0.645. The molecule has 1 aromatic carbocycles. The van der Waals surface area contributed by atoms with Crippen molar-refractivity contribution in [2.75, 3.05) is 26.2 Å². The van der Waals surface area contributed by atoms with Crippen LogP contribution in [-0.4, -0.2) is 53.5 Å². The van der Waals surface area contributed by atoms with Gasteiger partial charge in [-0.2, -0.15) is 0 Å². The molecule has 136 valence electrons. The first-order valence-corrected chi connectivity index (χ1v) is 9.56. The fourth-order valence-corrected chi connectivity index (χ4v) is 4.17. The quantitative estimate of drug-likeness (QED) is 0.894. The lowest BCUT2D eigenvalue weighted by Crippen LogP contribution is -2.63. The average molecular weight is 343 g/mol. The van der Waals surface area contributed by atoms with Crippen molar-refractivity contribution in [2.45, 2.75) is 51.0 Å². The topological polar surface area (TPSA) is 52.7 Å². The van der Waals surface area contributed by atoms with Gasteiger partial charge in [0.05, 0.1) is 0 Å². The van der Waals surface area contributed by atoms with E-state index in [1.54, 1.807) is 0 Å². The number of nitrogens with zero attached hydrogens (tertiary/aromatic N) is 2. The Morgan fingerprint density at radius 1 is 1.16 bits per heavy atom. The standard InChI is InChI=1S/C20H29N3O2/c1-2-13-21-19(25)23-15-7-12-20(23)11-6-14-22(18(20)24)16-10-17-8-4-3-5-9-17/h3-5,8-9H,2,6-7,10-16H2,1H3,(H,21,25). The normalized spacial score (nSPS) is 23.3. The largest absolute Gasteiger partial charge is 0.340 e. The second-order valence-corrected chi connectivity index (χ2v) is 7.15. The molecule has 1 unspecified atom stereocenters. The highest BCUT2D eigenvalue weighted by Gasteiger charge is 2.52. The van der Waals surface area contributed by atoms with Crippen LogP contribution >= 0.6 is 0 Å². The Morgan fingerprint density at radius 2 is 1.88 bits per heavy atom. The van der Waals surface area contributed by atoms with Gasteiger partial charge in [0, 0.05) is 26.2 Å². The minimum absolute atomic E-state index is 0.0717. The zero-order chi connectivity index (χ0) is 17.7. The number of hydrogen-bond acceptors (Lipinski definition) is 2. The van der Waals surface area contributed by atoms with E-state index < -0.39 is 5.54 Å². The third-order valence-corrected chi connectivity index (χ3v) is 5.48.